The lowest BCUT2D eigenvalue weighted by atomic mass is 9.97. The van der Waals surface area contributed by atoms with Crippen LogP contribution in [0.2, 0.25) is 5.02 Å². The number of nitrogens with one attached hydrogen (secondary N) is 5. The zero-order valence-electron chi connectivity index (χ0n) is 28.0. The molecule has 4 aromatic rings. The Bertz CT molecular complexity index is 1760. The number of hydrogen-bond acceptors (Lipinski definition) is 9. The first-order valence-corrected chi connectivity index (χ1v) is 17.2. The summed E-state index contributed by atoms with van der Waals surface area (Å²) >= 11 is 6.37. The molecule has 0 saturated heterocycles. The Labute approximate surface area is 292 Å². The van der Waals surface area contributed by atoms with Crippen molar-refractivity contribution in [2.45, 2.75) is 57.0 Å². The van der Waals surface area contributed by atoms with Crippen molar-refractivity contribution in [3.05, 3.63) is 101 Å². The summed E-state index contributed by atoms with van der Waals surface area (Å²) in [4.78, 5) is 20.5. The average Bonchev–Trinajstić information content (AvgIpc) is 3.77. The second kappa shape index (κ2) is 16.5. The van der Waals surface area contributed by atoms with Crippen molar-refractivity contribution in [3.63, 3.8) is 0 Å². The largest absolute Gasteiger partial charge is 0.453 e. The van der Waals surface area contributed by atoms with Gasteiger partial charge < -0.3 is 20.4 Å². The van der Waals surface area contributed by atoms with Crippen LogP contribution in [0.5, 0.6) is 0 Å². The number of aromatic nitrogens is 2. The lowest BCUT2D eigenvalue weighted by Crippen LogP contribution is -2.38. The van der Waals surface area contributed by atoms with Gasteiger partial charge in [0, 0.05) is 47.2 Å². The van der Waals surface area contributed by atoms with Crippen LogP contribution in [0.3, 0.4) is 0 Å². The van der Waals surface area contributed by atoms with E-state index in [0.29, 0.717) is 17.3 Å². The Kier molecular flexibility index (Phi) is 11.5. The number of nitrogens with zero attached hydrogens (tertiary/aromatic N) is 4. The molecule has 0 spiro atoms. The molecular weight excluding hydrogens is 638 g/mol. The number of benzene rings is 3. The smallest absolute Gasteiger partial charge is 0.411 e. The summed E-state index contributed by atoms with van der Waals surface area (Å²) < 4.78 is 4.85. The Hall–Kier alpha value is -4.84. The Morgan fingerprint density at radius 3 is 2.78 bits per heavy atom. The first-order valence-electron chi connectivity index (χ1n) is 16.8. The molecular formula is C37H44ClN9O2. The number of aromatic amines is 1. The zero-order valence-corrected chi connectivity index (χ0v) is 28.7. The lowest BCUT2D eigenvalue weighted by molar-refractivity contribution is 0.187. The first-order chi connectivity index (χ1) is 23.9. The summed E-state index contributed by atoms with van der Waals surface area (Å²) in [5.74, 6) is 0.898. The van der Waals surface area contributed by atoms with E-state index in [9.17, 15) is 4.79 Å². The van der Waals surface area contributed by atoms with E-state index in [1.54, 1.807) is 11.5 Å². The van der Waals surface area contributed by atoms with Crippen molar-refractivity contribution < 1.29 is 9.53 Å². The Morgan fingerprint density at radius 2 is 1.96 bits per heavy atom. The van der Waals surface area contributed by atoms with Gasteiger partial charge in [0.1, 0.15) is 12.2 Å². The van der Waals surface area contributed by atoms with E-state index >= 15 is 0 Å². The zero-order chi connectivity index (χ0) is 34.0. The highest BCUT2D eigenvalue weighted by molar-refractivity contribution is 6.30. The molecule has 11 nitrogen and oxygen atoms in total. The van der Waals surface area contributed by atoms with Crippen molar-refractivity contribution in [1.29, 1.82) is 0 Å². The number of amides is 1. The number of fused-ring (bicyclic) bond motifs is 4. The van der Waals surface area contributed by atoms with Crippen molar-refractivity contribution in [2.24, 2.45) is 5.10 Å². The van der Waals surface area contributed by atoms with E-state index in [4.69, 9.17) is 21.3 Å². The van der Waals surface area contributed by atoms with Gasteiger partial charge in [-0.1, -0.05) is 66.9 Å². The minimum Gasteiger partial charge on any atom is -0.453 e. The third-order valence-electron chi connectivity index (χ3n) is 8.80. The number of aryl methyl sites for hydroxylation is 1. The normalized spacial score (nSPS) is 17.7. The summed E-state index contributed by atoms with van der Waals surface area (Å²) in [5, 5.41) is 18.8. The third kappa shape index (κ3) is 9.20. The van der Waals surface area contributed by atoms with Gasteiger partial charge in [-0.15, -0.1) is 10.6 Å². The Balaban J connectivity index is 1.19. The summed E-state index contributed by atoms with van der Waals surface area (Å²) in [5.41, 5.74) is 9.98. The molecule has 49 heavy (non-hydrogen) atoms. The molecule has 1 aromatic heterocycles. The summed E-state index contributed by atoms with van der Waals surface area (Å²) in [6, 6.07) is 22.6. The quantitative estimate of drug-likeness (QED) is 0.115. The highest BCUT2D eigenvalue weighted by Gasteiger charge is 2.20. The lowest BCUT2D eigenvalue weighted by Gasteiger charge is -2.24. The number of halogens is 1. The maximum Gasteiger partial charge on any atom is 0.411 e. The first kappa shape index (κ1) is 34.0. The molecule has 2 unspecified atom stereocenters. The maximum absolute atomic E-state index is 12.0. The van der Waals surface area contributed by atoms with Gasteiger partial charge in [0.2, 0.25) is 0 Å². The van der Waals surface area contributed by atoms with Gasteiger partial charge in [-0.3, -0.25) is 5.32 Å². The van der Waals surface area contributed by atoms with Gasteiger partial charge in [-0.05, 0) is 74.1 Å². The number of ether oxygens (including phenoxy) is 1. The molecule has 2 bridgehead atoms. The van der Waals surface area contributed by atoms with Crippen LogP contribution >= 0.6 is 11.6 Å². The summed E-state index contributed by atoms with van der Waals surface area (Å²) in [6.07, 6.45) is 14.6. The van der Waals surface area contributed by atoms with Crippen LogP contribution < -0.4 is 26.5 Å². The van der Waals surface area contributed by atoms with Crippen LogP contribution in [-0.4, -0.2) is 54.3 Å². The van der Waals surface area contributed by atoms with Crippen LogP contribution in [-0.2, 0) is 11.2 Å². The molecule has 5 N–H and O–H groups in total. The van der Waals surface area contributed by atoms with Crippen molar-refractivity contribution in [2.75, 3.05) is 36.3 Å². The van der Waals surface area contributed by atoms with Gasteiger partial charge in [0.05, 0.1) is 30.7 Å². The maximum atomic E-state index is 12.0. The van der Waals surface area contributed by atoms with E-state index in [2.05, 4.69) is 74.1 Å². The van der Waals surface area contributed by atoms with Gasteiger partial charge in [-0.25, -0.2) is 19.9 Å². The molecule has 1 amide bonds. The number of carbonyl (C=O) groups excluding carboxylic acids is 1. The van der Waals surface area contributed by atoms with Crippen molar-refractivity contribution >= 4 is 47.2 Å². The van der Waals surface area contributed by atoms with Gasteiger partial charge >= 0.3 is 6.09 Å². The SMILES string of the molecule is COC(=O)Nc1ccc2c(c1)NC(CCCc1ccccc1)CCCCC(NCC=Cc1cc(Cl)ccc1N1C=NN(C)N1)c1ncc-2[nH]1. The van der Waals surface area contributed by atoms with E-state index < -0.39 is 6.09 Å². The molecule has 3 aromatic carbocycles. The molecule has 6 rings (SSSR count). The molecule has 0 saturated carbocycles. The second-order valence-corrected chi connectivity index (χ2v) is 12.8. The number of H-pyrrole nitrogens is 1. The number of imidazole rings is 1. The van der Waals surface area contributed by atoms with Crippen molar-refractivity contribution in [1.82, 2.24) is 25.9 Å². The molecule has 2 aliphatic heterocycles. The number of anilines is 3. The number of carbonyl (C=O) groups is 1. The minimum atomic E-state index is -0.500. The number of rotatable bonds is 10. The topological polar surface area (TPSA) is 122 Å². The molecule has 256 valence electrons. The number of hydrogen-bond donors (Lipinski definition) is 5. The standard InChI is InChI=1S/C37H44ClN9O2/c1-46-41-25-47(45-46)35-20-17-28(38)22-27(35)13-9-21-39-32-16-7-6-14-29(15-8-12-26-10-4-3-5-11-26)42-33-23-30(43-37(48)49-2)18-19-31(33)34-24-40-36(32)44-34/h3-5,9-11,13,17-20,22-25,29,32,39,42,45H,6-8,12,14-16,21H2,1-2H3,(H,40,44)(H,43,48). The fraction of sp³-hybridized carbons (Fsp3) is 0.324. The summed E-state index contributed by atoms with van der Waals surface area (Å²) in [7, 11) is 3.21. The van der Waals surface area contributed by atoms with E-state index in [-0.39, 0.29) is 12.1 Å². The molecule has 0 fully saturated rings. The summed E-state index contributed by atoms with van der Waals surface area (Å²) in [6.45, 7) is 0.650. The monoisotopic (exact) mass is 681 g/mol. The Morgan fingerprint density at radius 1 is 1.10 bits per heavy atom. The predicted molar refractivity (Wildman–Crippen MR) is 198 cm³/mol. The number of methoxy groups -OCH3 is 1. The molecule has 0 aliphatic carbocycles. The number of hydrazine groups is 2. The fourth-order valence-electron chi connectivity index (χ4n) is 6.30. The molecule has 2 atom stereocenters. The highest BCUT2D eigenvalue weighted by atomic mass is 35.5. The highest BCUT2D eigenvalue weighted by Crippen LogP contribution is 2.34. The van der Waals surface area contributed by atoms with Gasteiger partial charge in [0.15, 0.2) is 0 Å². The third-order valence-corrected chi connectivity index (χ3v) is 9.04. The van der Waals surface area contributed by atoms with Crippen LogP contribution in [0.1, 0.15) is 61.5 Å². The average molecular weight is 682 g/mol. The van der Waals surface area contributed by atoms with Crippen LogP contribution in [0.4, 0.5) is 21.9 Å². The van der Waals surface area contributed by atoms with Gasteiger partial charge in [0.25, 0.3) is 0 Å². The molecule has 12 heteroatoms. The predicted octanol–water partition coefficient (Wildman–Crippen LogP) is 7.74. The van der Waals surface area contributed by atoms with Gasteiger partial charge in [-0.2, -0.15) is 0 Å². The van der Waals surface area contributed by atoms with Crippen molar-refractivity contribution in [3.8, 4) is 11.3 Å². The molecule has 3 heterocycles. The minimum absolute atomic E-state index is 0.0471. The van der Waals surface area contributed by atoms with Crippen LogP contribution in [0, 0.1) is 0 Å². The second-order valence-electron chi connectivity index (χ2n) is 12.4. The number of hydrazone groups is 1. The van der Waals surface area contributed by atoms with Crippen LogP contribution in [0.25, 0.3) is 17.3 Å². The van der Waals surface area contributed by atoms with E-state index in [1.807, 2.05) is 54.7 Å². The molecule has 2 aliphatic rings. The van der Waals surface area contributed by atoms with Crippen LogP contribution in [0.15, 0.2) is 84.1 Å². The molecule has 0 radical (unpaired) electrons. The van der Waals surface area contributed by atoms with E-state index in [1.165, 1.54) is 12.7 Å². The fourth-order valence-corrected chi connectivity index (χ4v) is 6.48. The van der Waals surface area contributed by atoms with E-state index in [0.717, 1.165) is 79.0 Å².